The second-order valence-corrected chi connectivity index (χ2v) is 4.22. The van der Waals surface area contributed by atoms with E-state index in [0.29, 0.717) is 11.3 Å². The molecule has 4 N–H and O–H groups in total. The smallest absolute Gasteiger partial charge is 0.252 e. The Labute approximate surface area is 116 Å². The Morgan fingerprint density at radius 3 is 2.45 bits per heavy atom. The van der Waals surface area contributed by atoms with Gasteiger partial charge >= 0.3 is 0 Å². The van der Waals surface area contributed by atoms with Gasteiger partial charge in [0.05, 0.1) is 5.56 Å². The van der Waals surface area contributed by atoms with Gasteiger partial charge in [-0.1, -0.05) is 30.3 Å². The molecule has 0 radical (unpaired) electrons. The van der Waals surface area contributed by atoms with Crippen molar-refractivity contribution in [2.45, 2.75) is 6.10 Å². The zero-order chi connectivity index (χ0) is 14.5. The predicted molar refractivity (Wildman–Crippen MR) is 73.8 cm³/mol. The third kappa shape index (κ3) is 2.95. The molecule has 20 heavy (non-hydrogen) atoms. The van der Waals surface area contributed by atoms with Crippen LogP contribution in [0.4, 0.5) is 4.39 Å². The first-order chi connectivity index (χ1) is 9.63. The second-order valence-electron chi connectivity index (χ2n) is 4.22. The number of para-hydroxylation sites is 1. The van der Waals surface area contributed by atoms with Crippen molar-refractivity contribution in [3.05, 3.63) is 65.5 Å². The molecule has 2 aromatic carbocycles. The van der Waals surface area contributed by atoms with Crippen LogP contribution >= 0.6 is 0 Å². The summed E-state index contributed by atoms with van der Waals surface area (Å²) in [5.41, 5.74) is 11.5. The molecule has 4 nitrogen and oxygen atoms in total. The van der Waals surface area contributed by atoms with Crippen molar-refractivity contribution in [2.75, 3.05) is 6.54 Å². The van der Waals surface area contributed by atoms with Crippen LogP contribution in [-0.2, 0) is 0 Å². The van der Waals surface area contributed by atoms with Crippen LogP contribution in [-0.4, -0.2) is 12.5 Å². The fourth-order valence-electron chi connectivity index (χ4n) is 1.90. The summed E-state index contributed by atoms with van der Waals surface area (Å²) in [5, 5.41) is 0. The van der Waals surface area contributed by atoms with Gasteiger partial charge in [-0.15, -0.1) is 0 Å². The Morgan fingerprint density at radius 2 is 1.80 bits per heavy atom. The lowest BCUT2D eigenvalue weighted by atomic mass is 10.1. The average molecular weight is 274 g/mol. The van der Waals surface area contributed by atoms with Crippen LogP contribution in [0, 0.1) is 5.82 Å². The Kier molecular flexibility index (Phi) is 4.32. The molecule has 0 heterocycles. The number of amides is 1. The molecule has 2 aromatic rings. The van der Waals surface area contributed by atoms with Crippen molar-refractivity contribution < 1.29 is 13.9 Å². The van der Waals surface area contributed by atoms with Crippen LogP contribution in [0.15, 0.2) is 48.5 Å². The molecule has 5 heteroatoms. The van der Waals surface area contributed by atoms with Crippen molar-refractivity contribution in [1.29, 1.82) is 0 Å². The van der Waals surface area contributed by atoms with Gasteiger partial charge in [0.15, 0.2) is 0 Å². The molecule has 0 aliphatic heterocycles. The van der Waals surface area contributed by atoms with Gasteiger partial charge in [-0.2, -0.15) is 0 Å². The monoisotopic (exact) mass is 274 g/mol. The van der Waals surface area contributed by atoms with Crippen molar-refractivity contribution >= 4 is 5.91 Å². The molecule has 0 saturated heterocycles. The van der Waals surface area contributed by atoms with Crippen LogP contribution in [0.25, 0.3) is 0 Å². The minimum absolute atomic E-state index is 0.0774. The number of hydrogen-bond donors (Lipinski definition) is 2. The summed E-state index contributed by atoms with van der Waals surface area (Å²) in [4.78, 5) is 11.3. The van der Waals surface area contributed by atoms with E-state index in [0.717, 1.165) is 0 Å². The highest BCUT2D eigenvalue weighted by molar-refractivity contribution is 5.95. The molecule has 0 aliphatic carbocycles. The number of primary amides is 1. The molecule has 104 valence electrons. The number of carbonyl (C=O) groups excluding carboxylic acids is 1. The number of nitrogens with two attached hydrogens (primary N) is 2. The largest absolute Gasteiger partial charge is 0.483 e. The van der Waals surface area contributed by atoms with E-state index in [-0.39, 0.29) is 12.1 Å². The maximum Gasteiger partial charge on any atom is 0.252 e. The highest BCUT2D eigenvalue weighted by atomic mass is 19.1. The third-order valence-corrected chi connectivity index (χ3v) is 2.89. The van der Waals surface area contributed by atoms with Crippen molar-refractivity contribution in [3.63, 3.8) is 0 Å². The fraction of sp³-hybridized carbons (Fsp3) is 0.133. The van der Waals surface area contributed by atoms with E-state index >= 15 is 0 Å². The number of ether oxygens (including phenoxy) is 1. The number of hydrogen-bond acceptors (Lipinski definition) is 3. The zero-order valence-corrected chi connectivity index (χ0v) is 10.8. The van der Waals surface area contributed by atoms with Crippen LogP contribution in [0.2, 0.25) is 0 Å². The summed E-state index contributed by atoms with van der Waals surface area (Å²) in [5.74, 6) is -0.719. The van der Waals surface area contributed by atoms with Gasteiger partial charge in [0.2, 0.25) is 0 Å². The van der Waals surface area contributed by atoms with Gasteiger partial charge in [0, 0.05) is 12.1 Å². The minimum Gasteiger partial charge on any atom is -0.483 e. The minimum atomic E-state index is -0.684. The maximum atomic E-state index is 13.8. The van der Waals surface area contributed by atoms with Crippen LogP contribution in [0.3, 0.4) is 0 Å². The molecule has 0 aliphatic rings. The van der Waals surface area contributed by atoms with Crippen LogP contribution < -0.4 is 16.2 Å². The molecule has 0 saturated carbocycles. The van der Waals surface area contributed by atoms with Gasteiger partial charge in [-0.25, -0.2) is 4.39 Å². The molecule has 0 fully saturated rings. The van der Waals surface area contributed by atoms with Crippen molar-refractivity contribution in [2.24, 2.45) is 11.5 Å². The predicted octanol–water partition coefficient (Wildman–Crippen LogP) is 2.00. The standard InChI is InChI=1S/C15H15FN2O2/c16-12-7-3-1-5-10(12)14(9-17)20-13-8-4-2-6-11(13)15(18)19/h1-8,14H,9,17H2,(H2,18,19). The lowest BCUT2D eigenvalue weighted by Crippen LogP contribution is -2.21. The van der Waals surface area contributed by atoms with Crippen molar-refractivity contribution in [1.82, 2.24) is 0 Å². The van der Waals surface area contributed by atoms with E-state index in [1.165, 1.54) is 6.07 Å². The van der Waals surface area contributed by atoms with Gasteiger partial charge in [-0.05, 0) is 18.2 Å². The molecule has 1 amide bonds. The highest BCUT2D eigenvalue weighted by Gasteiger charge is 2.18. The van der Waals surface area contributed by atoms with E-state index in [4.69, 9.17) is 16.2 Å². The van der Waals surface area contributed by atoms with E-state index in [2.05, 4.69) is 0 Å². The van der Waals surface area contributed by atoms with Gasteiger partial charge in [-0.3, -0.25) is 4.79 Å². The first kappa shape index (κ1) is 14.0. The summed E-state index contributed by atoms with van der Waals surface area (Å²) < 4.78 is 19.4. The average Bonchev–Trinajstić information content (AvgIpc) is 2.46. The second kappa shape index (κ2) is 6.16. The molecule has 0 aromatic heterocycles. The first-order valence-corrected chi connectivity index (χ1v) is 6.13. The number of carbonyl (C=O) groups is 1. The Bertz CT molecular complexity index is 616. The van der Waals surface area contributed by atoms with Crippen LogP contribution in [0.5, 0.6) is 5.75 Å². The number of rotatable bonds is 5. The molecular formula is C15H15FN2O2. The van der Waals surface area contributed by atoms with Gasteiger partial charge < -0.3 is 16.2 Å². The first-order valence-electron chi connectivity index (χ1n) is 6.13. The Morgan fingerprint density at radius 1 is 1.15 bits per heavy atom. The lowest BCUT2D eigenvalue weighted by molar-refractivity contribution is 0.0993. The van der Waals surface area contributed by atoms with E-state index in [1.54, 1.807) is 42.5 Å². The summed E-state index contributed by atoms with van der Waals surface area (Å²) in [6, 6.07) is 12.7. The molecule has 1 unspecified atom stereocenters. The van der Waals surface area contributed by atoms with Crippen molar-refractivity contribution in [3.8, 4) is 5.75 Å². The summed E-state index contributed by atoms with van der Waals surface area (Å²) in [7, 11) is 0. The van der Waals surface area contributed by atoms with E-state index in [9.17, 15) is 9.18 Å². The Balaban J connectivity index is 2.32. The quantitative estimate of drug-likeness (QED) is 0.875. The maximum absolute atomic E-state index is 13.8. The number of benzene rings is 2. The number of halogens is 1. The molecule has 0 spiro atoms. The molecule has 1 atom stereocenters. The molecule has 0 bridgehead atoms. The van der Waals surface area contributed by atoms with Gasteiger partial charge in [0.1, 0.15) is 17.7 Å². The lowest BCUT2D eigenvalue weighted by Gasteiger charge is -2.19. The Hall–Kier alpha value is -2.40. The molecular weight excluding hydrogens is 259 g/mol. The zero-order valence-electron chi connectivity index (χ0n) is 10.8. The van der Waals surface area contributed by atoms with E-state index < -0.39 is 17.8 Å². The third-order valence-electron chi connectivity index (χ3n) is 2.89. The summed E-state index contributed by atoms with van der Waals surface area (Å²) in [6.45, 7) is 0.0774. The van der Waals surface area contributed by atoms with E-state index in [1.807, 2.05) is 0 Å². The SMILES string of the molecule is NCC(Oc1ccccc1C(N)=O)c1ccccc1F. The highest BCUT2D eigenvalue weighted by Crippen LogP contribution is 2.26. The van der Waals surface area contributed by atoms with Crippen LogP contribution in [0.1, 0.15) is 22.0 Å². The summed E-state index contributed by atoms with van der Waals surface area (Å²) in [6.07, 6.45) is -0.684. The normalized spacial score (nSPS) is 11.9. The fourth-order valence-corrected chi connectivity index (χ4v) is 1.90. The topological polar surface area (TPSA) is 78.3 Å². The summed E-state index contributed by atoms with van der Waals surface area (Å²) >= 11 is 0. The van der Waals surface area contributed by atoms with Gasteiger partial charge in [0.25, 0.3) is 5.91 Å². The molecule has 2 rings (SSSR count).